The first-order valence-corrected chi connectivity index (χ1v) is 4.47. The average Bonchev–Trinajstić information content (AvgIpc) is 2.09. The molecule has 0 fully saturated rings. The molecule has 0 N–H and O–H groups in total. The van der Waals surface area contributed by atoms with Crippen LogP contribution in [0, 0.1) is 6.92 Å². The largest absolute Gasteiger partial charge is 0.280 e. The molecular formula is C8H7Cl2F2N. The van der Waals surface area contributed by atoms with E-state index in [1.54, 1.807) is 6.92 Å². The van der Waals surface area contributed by atoms with Crippen LogP contribution in [0.4, 0.5) is 8.78 Å². The van der Waals surface area contributed by atoms with Crippen molar-refractivity contribution in [3.8, 4) is 0 Å². The summed E-state index contributed by atoms with van der Waals surface area (Å²) >= 11 is 11.2. The normalized spacial score (nSPS) is 10.9. The smallest absolute Gasteiger partial charge is 0.253 e. The van der Waals surface area contributed by atoms with E-state index in [2.05, 4.69) is 4.98 Å². The van der Waals surface area contributed by atoms with Crippen LogP contribution in [0.5, 0.6) is 0 Å². The molecule has 0 saturated carbocycles. The van der Waals surface area contributed by atoms with E-state index < -0.39 is 6.43 Å². The van der Waals surface area contributed by atoms with Gasteiger partial charge in [0.1, 0.15) is 5.69 Å². The summed E-state index contributed by atoms with van der Waals surface area (Å²) in [4.78, 5) is 3.54. The molecular weight excluding hydrogens is 219 g/mol. The van der Waals surface area contributed by atoms with Crippen LogP contribution in [0.1, 0.15) is 23.2 Å². The molecule has 0 unspecified atom stereocenters. The summed E-state index contributed by atoms with van der Waals surface area (Å²) in [7, 11) is 0. The van der Waals surface area contributed by atoms with Crippen molar-refractivity contribution in [2.75, 3.05) is 0 Å². The van der Waals surface area contributed by atoms with Gasteiger partial charge in [0.25, 0.3) is 6.43 Å². The molecule has 1 aromatic heterocycles. The molecule has 0 aliphatic carbocycles. The minimum Gasteiger partial charge on any atom is -0.253 e. The number of aromatic nitrogens is 1. The highest BCUT2D eigenvalue weighted by molar-refractivity contribution is 6.31. The zero-order valence-electron chi connectivity index (χ0n) is 6.82. The van der Waals surface area contributed by atoms with Crippen LogP contribution in [-0.2, 0) is 5.88 Å². The van der Waals surface area contributed by atoms with E-state index in [1.807, 2.05) is 0 Å². The van der Waals surface area contributed by atoms with Crippen molar-refractivity contribution in [1.82, 2.24) is 4.98 Å². The number of rotatable bonds is 2. The third kappa shape index (κ3) is 2.09. The fraction of sp³-hybridized carbons (Fsp3) is 0.375. The van der Waals surface area contributed by atoms with Crippen molar-refractivity contribution in [2.24, 2.45) is 0 Å². The van der Waals surface area contributed by atoms with Gasteiger partial charge < -0.3 is 0 Å². The molecule has 0 saturated heterocycles. The summed E-state index contributed by atoms with van der Waals surface area (Å²) in [6, 6.07) is 0. The lowest BCUT2D eigenvalue weighted by Crippen LogP contribution is -1.99. The first-order chi connectivity index (χ1) is 6.07. The molecule has 0 spiro atoms. The van der Waals surface area contributed by atoms with Gasteiger partial charge in [-0.25, -0.2) is 8.78 Å². The summed E-state index contributed by atoms with van der Waals surface area (Å²) in [5.41, 5.74) is 0.614. The monoisotopic (exact) mass is 225 g/mol. The summed E-state index contributed by atoms with van der Waals surface area (Å²) in [5, 5.41) is 0.361. The average molecular weight is 226 g/mol. The molecule has 1 aromatic rings. The quantitative estimate of drug-likeness (QED) is 0.700. The number of pyridine rings is 1. The Morgan fingerprint density at radius 2 is 2.15 bits per heavy atom. The summed E-state index contributed by atoms with van der Waals surface area (Å²) in [5.74, 6) is -0.000926. The fourth-order valence-electron chi connectivity index (χ4n) is 0.994. The van der Waals surface area contributed by atoms with E-state index in [4.69, 9.17) is 23.2 Å². The highest BCUT2D eigenvalue weighted by atomic mass is 35.5. The SMILES string of the molecule is Cc1c(Cl)cnc(C(F)F)c1CCl. The Labute approximate surface area is 84.7 Å². The van der Waals surface area contributed by atoms with Gasteiger partial charge in [-0.05, 0) is 18.1 Å². The van der Waals surface area contributed by atoms with Gasteiger partial charge in [0.15, 0.2) is 0 Å². The molecule has 0 amide bonds. The predicted molar refractivity (Wildman–Crippen MR) is 48.5 cm³/mol. The Kier molecular flexibility index (Phi) is 3.45. The maximum absolute atomic E-state index is 12.4. The van der Waals surface area contributed by atoms with Gasteiger partial charge in [-0.3, -0.25) is 4.98 Å². The van der Waals surface area contributed by atoms with Crippen molar-refractivity contribution in [3.05, 3.63) is 28.0 Å². The molecule has 0 aliphatic heterocycles. The highest BCUT2D eigenvalue weighted by Crippen LogP contribution is 2.28. The Bertz CT molecular complexity index is 315. The maximum atomic E-state index is 12.4. The third-order valence-electron chi connectivity index (χ3n) is 1.78. The Morgan fingerprint density at radius 3 is 2.62 bits per heavy atom. The second-order valence-electron chi connectivity index (χ2n) is 2.53. The van der Waals surface area contributed by atoms with Crippen LogP contribution < -0.4 is 0 Å². The van der Waals surface area contributed by atoms with Gasteiger partial charge in [-0.1, -0.05) is 11.6 Å². The number of halogens is 4. The molecule has 0 bridgehead atoms. The van der Waals surface area contributed by atoms with E-state index in [0.717, 1.165) is 0 Å². The topological polar surface area (TPSA) is 12.9 Å². The zero-order valence-corrected chi connectivity index (χ0v) is 8.33. The molecule has 1 rings (SSSR count). The molecule has 1 heterocycles. The Balaban J connectivity index is 3.30. The van der Waals surface area contributed by atoms with E-state index in [9.17, 15) is 8.78 Å². The first-order valence-electron chi connectivity index (χ1n) is 3.56. The van der Waals surface area contributed by atoms with Crippen molar-refractivity contribution in [2.45, 2.75) is 19.2 Å². The first kappa shape index (κ1) is 10.7. The molecule has 5 heteroatoms. The second kappa shape index (κ2) is 4.20. The molecule has 0 atom stereocenters. The molecule has 0 radical (unpaired) electrons. The maximum Gasteiger partial charge on any atom is 0.280 e. The third-order valence-corrected chi connectivity index (χ3v) is 2.43. The number of hydrogen-bond acceptors (Lipinski definition) is 1. The highest BCUT2D eigenvalue weighted by Gasteiger charge is 2.17. The molecule has 72 valence electrons. The summed E-state index contributed by atoms with van der Waals surface area (Å²) in [6.07, 6.45) is -1.39. The molecule has 13 heavy (non-hydrogen) atoms. The standard InChI is InChI=1S/C8H7Cl2F2N/c1-4-5(2-9)7(8(11)12)13-3-6(4)10/h3,8H,2H2,1H3. The Morgan fingerprint density at radius 1 is 1.54 bits per heavy atom. The van der Waals surface area contributed by atoms with E-state index in [1.165, 1.54) is 6.20 Å². The van der Waals surface area contributed by atoms with Crippen LogP contribution in [0.2, 0.25) is 5.02 Å². The zero-order chi connectivity index (χ0) is 10.0. The molecule has 1 nitrogen and oxygen atoms in total. The van der Waals surface area contributed by atoms with Crippen LogP contribution in [0.25, 0.3) is 0 Å². The second-order valence-corrected chi connectivity index (χ2v) is 3.20. The Hall–Kier alpha value is -0.410. The summed E-state index contributed by atoms with van der Waals surface area (Å²) in [6.45, 7) is 1.65. The predicted octanol–water partition coefficient (Wildman–Crippen LogP) is 3.72. The van der Waals surface area contributed by atoms with Crippen molar-refractivity contribution in [3.63, 3.8) is 0 Å². The molecule has 0 aromatic carbocycles. The van der Waals surface area contributed by atoms with Gasteiger partial charge in [0.05, 0.1) is 5.02 Å². The van der Waals surface area contributed by atoms with Crippen LogP contribution in [0.3, 0.4) is 0 Å². The lowest BCUT2D eigenvalue weighted by Gasteiger charge is -2.09. The minimum absolute atomic E-state index is 0.000926. The number of hydrogen-bond donors (Lipinski definition) is 0. The van der Waals surface area contributed by atoms with Gasteiger partial charge in [-0.15, -0.1) is 11.6 Å². The van der Waals surface area contributed by atoms with E-state index in [-0.39, 0.29) is 11.6 Å². The van der Waals surface area contributed by atoms with Crippen LogP contribution >= 0.6 is 23.2 Å². The van der Waals surface area contributed by atoms with Gasteiger partial charge in [0, 0.05) is 12.1 Å². The summed E-state index contributed by atoms with van der Waals surface area (Å²) < 4.78 is 24.7. The van der Waals surface area contributed by atoms with Gasteiger partial charge in [-0.2, -0.15) is 0 Å². The minimum atomic E-state index is -2.61. The lowest BCUT2D eigenvalue weighted by atomic mass is 10.1. The molecule has 0 aliphatic rings. The van der Waals surface area contributed by atoms with E-state index in [0.29, 0.717) is 16.1 Å². The van der Waals surface area contributed by atoms with E-state index >= 15 is 0 Å². The van der Waals surface area contributed by atoms with Crippen molar-refractivity contribution < 1.29 is 8.78 Å². The number of nitrogens with zero attached hydrogens (tertiary/aromatic N) is 1. The van der Waals surface area contributed by atoms with Crippen LogP contribution in [0.15, 0.2) is 6.20 Å². The van der Waals surface area contributed by atoms with Crippen molar-refractivity contribution in [1.29, 1.82) is 0 Å². The van der Waals surface area contributed by atoms with Gasteiger partial charge >= 0.3 is 0 Å². The van der Waals surface area contributed by atoms with Gasteiger partial charge in [0.2, 0.25) is 0 Å². The number of alkyl halides is 3. The van der Waals surface area contributed by atoms with Crippen molar-refractivity contribution >= 4 is 23.2 Å². The lowest BCUT2D eigenvalue weighted by molar-refractivity contribution is 0.145. The van der Waals surface area contributed by atoms with Crippen LogP contribution in [-0.4, -0.2) is 4.98 Å². The fourth-order valence-corrected chi connectivity index (χ4v) is 1.49.